The number of nitrogens with zero attached hydrogens (tertiary/aromatic N) is 2. The topological polar surface area (TPSA) is 72.6 Å². The van der Waals surface area contributed by atoms with Crippen molar-refractivity contribution in [3.63, 3.8) is 0 Å². The number of fused-ring (bicyclic) bond motifs is 3. The van der Waals surface area contributed by atoms with Crippen LogP contribution in [0.1, 0.15) is 27.7 Å². The van der Waals surface area contributed by atoms with E-state index in [1.807, 2.05) is 0 Å². The zero-order chi connectivity index (χ0) is 22.7. The predicted octanol–water partition coefficient (Wildman–Crippen LogP) is 5.30. The highest BCUT2D eigenvalue weighted by Crippen LogP contribution is 2.43. The van der Waals surface area contributed by atoms with Crippen molar-refractivity contribution in [1.82, 2.24) is 4.98 Å². The SMILES string of the molecule is COc1ccc([C@@H]2c3c(oc4ccccc4c3=O)C(=O)N2c2nc3ccc(F)cc3s2)cc1. The van der Waals surface area contributed by atoms with Crippen LogP contribution in [0.2, 0.25) is 0 Å². The molecule has 6 rings (SSSR count). The van der Waals surface area contributed by atoms with Gasteiger partial charge in [-0.3, -0.25) is 14.5 Å². The Hall–Kier alpha value is -4.04. The summed E-state index contributed by atoms with van der Waals surface area (Å²) in [5, 5.41) is 0.757. The van der Waals surface area contributed by atoms with Crippen LogP contribution in [0.5, 0.6) is 5.75 Å². The Balaban J connectivity index is 1.62. The zero-order valence-electron chi connectivity index (χ0n) is 17.2. The molecule has 162 valence electrons. The maximum Gasteiger partial charge on any atom is 0.297 e. The maximum absolute atomic E-state index is 13.8. The van der Waals surface area contributed by atoms with Gasteiger partial charge in [0.2, 0.25) is 5.76 Å². The first-order valence-corrected chi connectivity index (χ1v) is 11.0. The Bertz CT molecular complexity index is 1620. The second kappa shape index (κ2) is 7.25. The number of amides is 1. The average Bonchev–Trinajstić information content (AvgIpc) is 3.37. The molecule has 0 aliphatic carbocycles. The summed E-state index contributed by atoms with van der Waals surface area (Å²) in [4.78, 5) is 33.2. The molecule has 1 aliphatic rings. The van der Waals surface area contributed by atoms with Crippen molar-refractivity contribution in [3.8, 4) is 5.75 Å². The molecule has 1 atom stereocenters. The fourth-order valence-corrected chi connectivity index (χ4v) is 5.23. The second-order valence-electron chi connectivity index (χ2n) is 7.63. The number of ether oxygens (including phenoxy) is 1. The van der Waals surface area contributed by atoms with Crippen LogP contribution in [-0.4, -0.2) is 18.0 Å². The molecule has 6 nitrogen and oxygen atoms in total. The van der Waals surface area contributed by atoms with E-state index in [1.165, 1.54) is 28.4 Å². The molecule has 0 saturated carbocycles. The van der Waals surface area contributed by atoms with E-state index in [2.05, 4.69) is 4.98 Å². The summed E-state index contributed by atoms with van der Waals surface area (Å²) in [6, 6.07) is 17.5. The van der Waals surface area contributed by atoms with E-state index < -0.39 is 11.9 Å². The molecular formula is C25H15FN2O4S. The van der Waals surface area contributed by atoms with Crippen LogP contribution in [0.3, 0.4) is 0 Å². The highest BCUT2D eigenvalue weighted by molar-refractivity contribution is 7.22. The number of benzene rings is 3. The van der Waals surface area contributed by atoms with Crippen LogP contribution < -0.4 is 15.1 Å². The number of carbonyl (C=O) groups excluding carboxylic acids is 1. The number of thiazole rings is 1. The first-order valence-electron chi connectivity index (χ1n) is 10.1. The van der Waals surface area contributed by atoms with Gasteiger partial charge >= 0.3 is 0 Å². The average molecular weight is 458 g/mol. The summed E-state index contributed by atoms with van der Waals surface area (Å²) in [6.45, 7) is 0. The smallest absolute Gasteiger partial charge is 0.297 e. The normalized spacial score (nSPS) is 15.4. The largest absolute Gasteiger partial charge is 0.497 e. The summed E-state index contributed by atoms with van der Waals surface area (Å²) in [7, 11) is 1.57. The van der Waals surface area contributed by atoms with Gasteiger partial charge in [0.05, 0.1) is 34.3 Å². The highest BCUT2D eigenvalue weighted by atomic mass is 32.1. The fourth-order valence-electron chi connectivity index (χ4n) is 4.21. The van der Waals surface area contributed by atoms with E-state index >= 15 is 0 Å². The van der Waals surface area contributed by atoms with Crippen molar-refractivity contribution in [2.45, 2.75) is 6.04 Å². The predicted molar refractivity (Wildman–Crippen MR) is 124 cm³/mol. The molecule has 3 aromatic carbocycles. The van der Waals surface area contributed by atoms with Crippen molar-refractivity contribution in [2.24, 2.45) is 0 Å². The van der Waals surface area contributed by atoms with Crippen LogP contribution in [-0.2, 0) is 0 Å². The maximum atomic E-state index is 13.8. The van der Waals surface area contributed by atoms with Gasteiger partial charge in [0.25, 0.3) is 5.91 Å². The van der Waals surface area contributed by atoms with Gasteiger partial charge in [0, 0.05) is 0 Å². The molecule has 0 N–H and O–H groups in total. The Labute approximate surface area is 190 Å². The Kier molecular flexibility index (Phi) is 4.31. The van der Waals surface area contributed by atoms with E-state index in [1.54, 1.807) is 61.7 Å². The lowest BCUT2D eigenvalue weighted by atomic mass is 9.98. The van der Waals surface area contributed by atoms with E-state index in [9.17, 15) is 14.0 Å². The van der Waals surface area contributed by atoms with E-state index in [-0.39, 0.29) is 22.6 Å². The summed E-state index contributed by atoms with van der Waals surface area (Å²) in [5.74, 6) is -0.211. The number of rotatable bonds is 3. The van der Waals surface area contributed by atoms with Gasteiger partial charge in [-0.2, -0.15) is 0 Å². The van der Waals surface area contributed by atoms with Crippen LogP contribution >= 0.6 is 11.3 Å². The van der Waals surface area contributed by atoms with E-state index in [0.717, 1.165) is 0 Å². The molecule has 0 radical (unpaired) electrons. The highest BCUT2D eigenvalue weighted by Gasteiger charge is 2.45. The number of anilines is 1. The Morgan fingerprint density at radius 3 is 2.64 bits per heavy atom. The molecule has 1 amide bonds. The number of hydrogen-bond acceptors (Lipinski definition) is 6. The van der Waals surface area contributed by atoms with Gasteiger partial charge in [-0.05, 0) is 48.0 Å². The summed E-state index contributed by atoms with van der Waals surface area (Å²) in [5.41, 5.74) is 1.61. The summed E-state index contributed by atoms with van der Waals surface area (Å²) >= 11 is 1.18. The van der Waals surface area contributed by atoms with Crippen LogP contribution in [0.15, 0.2) is 75.9 Å². The third kappa shape index (κ3) is 2.95. The van der Waals surface area contributed by atoms with Gasteiger partial charge in [0.1, 0.15) is 17.1 Å². The minimum Gasteiger partial charge on any atom is -0.497 e. The summed E-state index contributed by atoms with van der Waals surface area (Å²) in [6.07, 6.45) is 0. The lowest BCUT2D eigenvalue weighted by Gasteiger charge is -2.22. The lowest BCUT2D eigenvalue weighted by molar-refractivity contribution is 0.0971. The molecule has 5 aromatic rings. The number of carbonyl (C=O) groups is 1. The molecule has 0 bridgehead atoms. The Morgan fingerprint density at radius 1 is 1.06 bits per heavy atom. The second-order valence-corrected chi connectivity index (χ2v) is 8.64. The van der Waals surface area contributed by atoms with Crippen LogP contribution in [0, 0.1) is 5.82 Å². The number of para-hydroxylation sites is 1. The molecule has 8 heteroatoms. The van der Waals surface area contributed by atoms with Crippen molar-refractivity contribution in [2.75, 3.05) is 12.0 Å². The molecule has 0 fully saturated rings. The summed E-state index contributed by atoms with van der Waals surface area (Å²) < 4.78 is 25.6. The van der Waals surface area contributed by atoms with Crippen molar-refractivity contribution in [1.29, 1.82) is 0 Å². The molecular weight excluding hydrogens is 443 g/mol. The standard InChI is InChI=1S/C25H15FN2O4S/c1-31-15-9-6-13(7-10-15)21-20-22(29)16-4-2-3-5-18(16)32-23(20)24(30)28(21)25-27-17-11-8-14(26)12-19(17)33-25/h2-12,21H,1H3/t21-/m1/s1. The van der Waals surface area contributed by atoms with Gasteiger partial charge in [-0.25, -0.2) is 9.37 Å². The third-order valence-electron chi connectivity index (χ3n) is 5.75. The lowest BCUT2D eigenvalue weighted by Crippen LogP contribution is -2.29. The van der Waals surface area contributed by atoms with Gasteiger partial charge in [-0.1, -0.05) is 35.6 Å². The van der Waals surface area contributed by atoms with E-state index in [4.69, 9.17) is 9.15 Å². The van der Waals surface area contributed by atoms with Crippen molar-refractivity contribution in [3.05, 3.63) is 99.7 Å². The third-order valence-corrected chi connectivity index (χ3v) is 6.77. The molecule has 0 unspecified atom stereocenters. The molecule has 1 aliphatic heterocycles. The Morgan fingerprint density at radius 2 is 1.85 bits per heavy atom. The van der Waals surface area contributed by atoms with Crippen molar-refractivity contribution >= 4 is 43.6 Å². The van der Waals surface area contributed by atoms with Crippen molar-refractivity contribution < 1.29 is 18.3 Å². The van der Waals surface area contributed by atoms with Gasteiger partial charge in [0.15, 0.2) is 10.6 Å². The monoisotopic (exact) mass is 458 g/mol. The molecule has 33 heavy (non-hydrogen) atoms. The van der Waals surface area contributed by atoms with Crippen LogP contribution in [0.25, 0.3) is 21.2 Å². The quantitative estimate of drug-likeness (QED) is 0.367. The molecule has 3 heterocycles. The minimum atomic E-state index is -0.746. The van der Waals surface area contributed by atoms with E-state index in [0.29, 0.717) is 37.6 Å². The first-order chi connectivity index (χ1) is 16.0. The fraction of sp³-hybridized carbons (Fsp3) is 0.0800. The molecule has 0 saturated heterocycles. The van der Waals surface area contributed by atoms with Gasteiger partial charge < -0.3 is 9.15 Å². The number of halogens is 1. The minimum absolute atomic E-state index is 0.00930. The van der Waals surface area contributed by atoms with Crippen LogP contribution in [0.4, 0.5) is 9.52 Å². The first kappa shape index (κ1) is 19.6. The number of aromatic nitrogens is 1. The number of hydrogen-bond donors (Lipinski definition) is 0. The van der Waals surface area contributed by atoms with Gasteiger partial charge in [-0.15, -0.1) is 0 Å². The molecule has 0 spiro atoms. The molecule has 2 aromatic heterocycles. The number of methoxy groups -OCH3 is 1. The zero-order valence-corrected chi connectivity index (χ0v) is 18.1.